The topological polar surface area (TPSA) is 178 Å². The maximum Gasteiger partial charge on any atom is 0.295 e. The molecule has 2 heterocycles. The number of likely N-dealkylation sites (N-methyl/N-ethyl adjacent to an activating group) is 1. The van der Waals surface area contributed by atoms with E-state index in [9.17, 15) is 27.0 Å². The van der Waals surface area contributed by atoms with Gasteiger partial charge in [-0.3, -0.25) is 9.11 Å². The van der Waals surface area contributed by atoms with Crippen molar-refractivity contribution in [1.29, 1.82) is 0 Å². The van der Waals surface area contributed by atoms with Crippen LogP contribution in [0, 0.1) is 0 Å². The van der Waals surface area contributed by atoms with E-state index in [2.05, 4.69) is 71.1 Å². The molecule has 288 valence electrons. The average molecular weight is 793 g/mol. The summed E-state index contributed by atoms with van der Waals surface area (Å²) in [6, 6.07) is 38.3. The molecular weight excluding hydrogens is 753 g/mol. The summed E-state index contributed by atoms with van der Waals surface area (Å²) in [6.45, 7) is 3.19. The second kappa shape index (κ2) is 16.8. The van der Waals surface area contributed by atoms with Crippen LogP contribution in [0.1, 0.15) is 27.9 Å². The van der Waals surface area contributed by atoms with E-state index < -0.39 is 30.0 Å². The number of phenols is 3. The molecule has 0 spiro atoms. The molecule has 0 aliphatic carbocycles. The van der Waals surface area contributed by atoms with Crippen LogP contribution in [-0.4, -0.2) is 64.3 Å². The monoisotopic (exact) mass is 792 g/mol. The van der Waals surface area contributed by atoms with Crippen LogP contribution in [0.4, 0.5) is 0 Å². The maximum atomic E-state index is 11.2. The van der Waals surface area contributed by atoms with Gasteiger partial charge in [0.2, 0.25) is 0 Å². The molecule has 1 aromatic heterocycles. The predicted octanol–water partition coefficient (Wildman–Crippen LogP) is 7.98. The van der Waals surface area contributed by atoms with Gasteiger partial charge in [0, 0.05) is 59.5 Å². The van der Waals surface area contributed by atoms with Crippen molar-refractivity contribution in [3.05, 3.63) is 161 Å². The Bertz CT molecular complexity index is 2660. The number of aromatic hydroxyl groups is 3. The molecule has 0 unspecified atom stereocenters. The van der Waals surface area contributed by atoms with Crippen LogP contribution in [0.15, 0.2) is 143 Å². The molecule has 0 bridgehead atoms. The standard InChI is InChI=1S/C19H20N2.C14H12O3.C10H8O6S2/c1-20-12-11-19-17(14-20)16-9-5-6-10-18(16)21(19)13-15-7-3-2-4-8-15;15-12-5-3-10(4-6-12)1-2-11-7-13(16)9-14(17)8-11;11-17(12,13)9-5-1-3-7-8(9)4-2-6-10(7)18(14,15)16/h2-10H,11-14H2,1H3;1-9,15-17H;1-6H,(H,11,12,13)(H,14,15,16). The smallest absolute Gasteiger partial charge is 0.295 e. The second-order valence-corrected chi connectivity index (χ2v) is 16.0. The van der Waals surface area contributed by atoms with Crippen molar-refractivity contribution in [3.8, 4) is 17.2 Å². The van der Waals surface area contributed by atoms with Crippen molar-refractivity contribution in [2.45, 2.75) is 29.3 Å². The minimum Gasteiger partial charge on any atom is -0.508 e. The van der Waals surface area contributed by atoms with Crippen LogP contribution in [0.3, 0.4) is 0 Å². The molecule has 8 rings (SSSR count). The Kier molecular flexibility index (Phi) is 11.9. The number of nitrogens with zero attached hydrogens (tertiary/aromatic N) is 2. The van der Waals surface area contributed by atoms with Gasteiger partial charge in [-0.2, -0.15) is 16.8 Å². The van der Waals surface area contributed by atoms with Gasteiger partial charge >= 0.3 is 0 Å². The molecule has 1 aliphatic rings. The van der Waals surface area contributed by atoms with Crippen LogP contribution >= 0.6 is 0 Å². The SMILES string of the molecule is CN1CCc2c(c3ccccc3n2Cc2ccccc2)C1.O=S(=O)(O)c1cccc2c(S(=O)(=O)O)cccc12.Oc1ccc(C=Cc2cc(O)cc(O)c2)cc1. The summed E-state index contributed by atoms with van der Waals surface area (Å²) in [5, 5.41) is 29.2. The number of rotatable bonds is 6. The molecule has 56 heavy (non-hydrogen) atoms. The van der Waals surface area contributed by atoms with E-state index >= 15 is 0 Å². The highest BCUT2D eigenvalue weighted by Gasteiger charge is 2.22. The molecular formula is C43H40N2O9S2. The highest BCUT2D eigenvalue weighted by Crippen LogP contribution is 2.32. The van der Waals surface area contributed by atoms with Crippen LogP contribution in [-0.2, 0) is 39.7 Å². The highest BCUT2D eigenvalue weighted by atomic mass is 32.2. The first-order valence-electron chi connectivity index (χ1n) is 17.5. The summed E-state index contributed by atoms with van der Waals surface area (Å²) in [7, 11) is -6.72. The van der Waals surface area contributed by atoms with E-state index in [1.165, 1.54) is 58.1 Å². The number of phenolic OH excluding ortho intramolecular Hbond substituents is 3. The zero-order valence-corrected chi connectivity index (χ0v) is 31.9. The third-order valence-corrected chi connectivity index (χ3v) is 11.0. The van der Waals surface area contributed by atoms with Gasteiger partial charge in [-0.15, -0.1) is 0 Å². The van der Waals surface area contributed by atoms with Crippen molar-refractivity contribution in [2.75, 3.05) is 13.6 Å². The number of hydrogen-bond donors (Lipinski definition) is 5. The molecule has 0 amide bonds. The molecule has 13 heteroatoms. The van der Waals surface area contributed by atoms with Crippen LogP contribution in [0.25, 0.3) is 33.8 Å². The first kappa shape index (κ1) is 39.7. The van der Waals surface area contributed by atoms with Crippen molar-refractivity contribution in [3.63, 3.8) is 0 Å². The normalized spacial score (nSPS) is 13.1. The second-order valence-electron chi connectivity index (χ2n) is 13.3. The minimum absolute atomic E-state index is 0.0233. The Hall–Kier alpha value is -5.96. The molecule has 11 nitrogen and oxygen atoms in total. The number of aromatic nitrogens is 1. The summed E-state index contributed by atoms with van der Waals surface area (Å²) in [5.41, 5.74) is 7.43. The Balaban J connectivity index is 0.000000144. The molecule has 7 aromatic rings. The van der Waals surface area contributed by atoms with Crippen molar-refractivity contribution in [1.82, 2.24) is 9.47 Å². The Labute approximate surface area is 325 Å². The van der Waals surface area contributed by atoms with Crippen LogP contribution in [0.5, 0.6) is 17.2 Å². The molecule has 0 saturated heterocycles. The highest BCUT2D eigenvalue weighted by molar-refractivity contribution is 7.86. The van der Waals surface area contributed by atoms with Crippen molar-refractivity contribution >= 4 is 54.1 Å². The van der Waals surface area contributed by atoms with Crippen molar-refractivity contribution in [2.24, 2.45) is 0 Å². The summed E-state index contributed by atoms with van der Waals surface area (Å²) < 4.78 is 65.2. The first-order valence-corrected chi connectivity index (χ1v) is 20.3. The fourth-order valence-electron chi connectivity index (χ4n) is 6.68. The van der Waals surface area contributed by atoms with Gasteiger partial charge in [-0.05, 0) is 71.8 Å². The molecule has 0 atom stereocenters. The zero-order chi connectivity index (χ0) is 40.0. The lowest BCUT2D eigenvalue weighted by Gasteiger charge is -2.24. The summed E-state index contributed by atoms with van der Waals surface area (Å²) in [4.78, 5) is 1.60. The first-order chi connectivity index (χ1) is 26.7. The molecule has 0 radical (unpaired) electrons. The Morgan fingerprint density at radius 1 is 0.589 bits per heavy atom. The molecule has 1 aliphatic heterocycles. The van der Waals surface area contributed by atoms with E-state index in [4.69, 9.17) is 14.2 Å². The van der Waals surface area contributed by atoms with E-state index in [1.54, 1.807) is 42.5 Å². The summed E-state index contributed by atoms with van der Waals surface area (Å²) in [6.07, 6.45) is 4.74. The maximum absolute atomic E-state index is 11.2. The Morgan fingerprint density at radius 2 is 1.12 bits per heavy atom. The van der Waals surface area contributed by atoms with E-state index in [0.717, 1.165) is 43.8 Å². The number of hydrogen-bond acceptors (Lipinski definition) is 8. The lowest BCUT2D eigenvalue weighted by atomic mass is 10.1. The van der Waals surface area contributed by atoms with Gasteiger partial charge in [-0.25, -0.2) is 0 Å². The third-order valence-electron chi connectivity index (χ3n) is 9.22. The fraction of sp³-hybridized carbons (Fsp3) is 0.116. The van der Waals surface area contributed by atoms with E-state index in [0.29, 0.717) is 5.56 Å². The van der Waals surface area contributed by atoms with Gasteiger partial charge in [0.05, 0.1) is 0 Å². The van der Waals surface area contributed by atoms with Gasteiger partial charge < -0.3 is 24.8 Å². The van der Waals surface area contributed by atoms with Crippen LogP contribution in [0.2, 0.25) is 0 Å². The van der Waals surface area contributed by atoms with Gasteiger partial charge in [0.15, 0.2) is 0 Å². The molecule has 5 N–H and O–H groups in total. The third kappa shape index (κ3) is 9.63. The largest absolute Gasteiger partial charge is 0.508 e. The molecule has 6 aromatic carbocycles. The quantitative estimate of drug-likeness (QED) is 0.0819. The van der Waals surface area contributed by atoms with E-state index in [-0.39, 0.29) is 28.0 Å². The van der Waals surface area contributed by atoms with E-state index in [1.807, 2.05) is 6.08 Å². The zero-order valence-electron chi connectivity index (χ0n) is 30.3. The summed E-state index contributed by atoms with van der Waals surface area (Å²) >= 11 is 0. The average Bonchev–Trinajstić information content (AvgIpc) is 3.46. The predicted molar refractivity (Wildman–Crippen MR) is 218 cm³/mol. The van der Waals surface area contributed by atoms with Gasteiger partial charge in [0.25, 0.3) is 20.2 Å². The lowest BCUT2D eigenvalue weighted by Crippen LogP contribution is -2.27. The number of benzene rings is 6. The Morgan fingerprint density at radius 3 is 1.71 bits per heavy atom. The fourth-order valence-corrected chi connectivity index (χ4v) is 8.09. The lowest BCUT2D eigenvalue weighted by molar-refractivity contribution is 0.310. The number of fused-ring (bicyclic) bond motifs is 4. The van der Waals surface area contributed by atoms with Crippen LogP contribution < -0.4 is 0 Å². The number of para-hydroxylation sites is 1. The van der Waals surface area contributed by atoms with Crippen molar-refractivity contribution < 1.29 is 41.3 Å². The molecule has 0 saturated carbocycles. The van der Waals surface area contributed by atoms with Gasteiger partial charge in [0.1, 0.15) is 27.0 Å². The van der Waals surface area contributed by atoms with Gasteiger partial charge in [-0.1, -0.05) is 97.1 Å². The minimum atomic E-state index is -4.47. The molecule has 0 fully saturated rings. The summed E-state index contributed by atoms with van der Waals surface area (Å²) in [5.74, 6) is 0.267.